The number of hydrogen-bond donors (Lipinski definition) is 0. The Hall–Kier alpha value is -3.74. The number of carbonyl (C=O) groups is 2. The Labute approximate surface area is 172 Å². The van der Waals surface area contributed by atoms with Crippen molar-refractivity contribution in [3.05, 3.63) is 75.6 Å². The summed E-state index contributed by atoms with van der Waals surface area (Å²) >= 11 is 0. The van der Waals surface area contributed by atoms with Crippen molar-refractivity contribution in [3.8, 4) is 0 Å². The van der Waals surface area contributed by atoms with E-state index in [-0.39, 0.29) is 31.1 Å². The van der Waals surface area contributed by atoms with Gasteiger partial charge in [0.2, 0.25) is 5.91 Å². The maximum atomic E-state index is 12.6. The SMILES string of the molecule is Cc1cc2oc(=O)cc(COC(=O)C3=NN(c4ccccc4)C(=O)CC3)c2cc1C. The molecule has 3 aromatic rings. The van der Waals surface area contributed by atoms with Crippen LogP contribution in [0.2, 0.25) is 0 Å². The van der Waals surface area contributed by atoms with Crippen molar-refractivity contribution in [2.45, 2.75) is 33.3 Å². The van der Waals surface area contributed by atoms with Crippen molar-refractivity contribution < 1.29 is 18.7 Å². The van der Waals surface area contributed by atoms with E-state index in [2.05, 4.69) is 5.10 Å². The number of ether oxygens (including phenoxy) is 1. The molecule has 0 fully saturated rings. The van der Waals surface area contributed by atoms with Crippen LogP contribution >= 0.6 is 0 Å². The van der Waals surface area contributed by atoms with Gasteiger partial charge in [0, 0.05) is 29.9 Å². The lowest BCUT2D eigenvalue weighted by molar-refractivity contribution is -0.137. The van der Waals surface area contributed by atoms with Gasteiger partial charge >= 0.3 is 11.6 Å². The van der Waals surface area contributed by atoms with Crippen LogP contribution in [0.25, 0.3) is 11.0 Å². The van der Waals surface area contributed by atoms with Crippen LogP contribution in [0.4, 0.5) is 5.69 Å². The number of fused-ring (bicyclic) bond motifs is 1. The van der Waals surface area contributed by atoms with Gasteiger partial charge in [0.05, 0.1) is 5.69 Å². The van der Waals surface area contributed by atoms with Gasteiger partial charge in [-0.3, -0.25) is 4.79 Å². The van der Waals surface area contributed by atoms with Crippen LogP contribution < -0.4 is 10.6 Å². The molecule has 4 rings (SSSR count). The van der Waals surface area contributed by atoms with Gasteiger partial charge in [-0.2, -0.15) is 5.10 Å². The largest absolute Gasteiger partial charge is 0.456 e. The lowest BCUT2D eigenvalue weighted by Gasteiger charge is -2.22. The minimum Gasteiger partial charge on any atom is -0.456 e. The third-order valence-corrected chi connectivity index (χ3v) is 5.07. The highest BCUT2D eigenvalue weighted by Gasteiger charge is 2.26. The number of para-hydroxylation sites is 1. The molecule has 0 spiro atoms. The van der Waals surface area contributed by atoms with Crippen molar-refractivity contribution >= 4 is 34.2 Å². The molecule has 0 saturated heterocycles. The van der Waals surface area contributed by atoms with Crippen molar-refractivity contribution in [2.24, 2.45) is 5.10 Å². The van der Waals surface area contributed by atoms with E-state index in [0.29, 0.717) is 16.8 Å². The van der Waals surface area contributed by atoms with Crippen molar-refractivity contribution in [2.75, 3.05) is 5.01 Å². The van der Waals surface area contributed by atoms with Crippen LogP contribution in [-0.4, -0.2) is 17.6 Å². The van der Waals surface area contributed by atoms with Crippen molar-refractivity contribution in [1.82, 2.24) is 0 Å². The molecular weight excluding hydrogens is 384 g/mol. The Bertz CT molecular complexity index is 1230. The van der Waals surface area contributed by atoms with E-state index in [1.54, 1.807) is 30.3 Å². The number of carbonyl (C=O) groups excluding carboxylic acids is 2. The molecule has 2 heterocycles. The standard InChI is InChI=1S/C23H20N2O5/c1-14-10-18-16(12-22(27)30-20(18)11-15(14)2)13-29-23(28)19-8-9-21(26)25(24-19)17-6-4-3-5-7-17/h3-7,10-12H,8-9,13H2,1-2H3. The molecule has 7 nitrogen and oxygen atoms in total. The third kappa shape index (κ3) is 3.87. The molecule has 0 bridgehead atoms. The van der Waals surface area contributed by atoms with E-state index >= 15 is 0 Å². The van der Waals surface area contributed by atoms with Crippen LogP contribution in [0.15, 0.2) is 62.8 Å². The fraction of sp³-hybridized carbons (Fsp3) is 0.217. The molecule has 152 valence electrons. The molecular formula is C23H20N2O5. The Morgan fingerprint density at radius 1 is 1.07 bits per heavy atom. The molecule has 7 heteroatoms. The second kappa shape index (κ2) is 7.94. The molecule has 1 amide bonds. The first-order chi connectivity index (χ1) is 14.4. The first-order valence-electron chi connectivity index (χ1n) is 9.59. The van der Waals surface area contributed by atoms with Crippen LogP contribution in [0, 0.1) is 13.8 Å². The van der Waals surface area contributed by atoms with E-state index in [1.807, 2.05) is 26.0 Å². The number of anilines is 1. The molecule has 1 aromatic heterocycles. The van der Waals surface area contributed by atoms with E-state index in [1.165, 1.54) is 11.1 Å². The number of rotatable bonds is 4. The zero-order chi connectivity index (χ0) is 21.3. The number of aryl methyl sites for hydroxylation is 2. The van der Waals surface area contributed by atoms with Gasteiger partial charge in [0.25, 0.3) is 0 Å². The van der Waals surface area contributed by atoms with Gasteiger partial charge in [-0.05, 0) is 49.2 Å². The molecule has 0 N–H and O–H groups in total. The number of esters is 1. The molecule has 0 radical (unpaired) electrons. The lowest BCUT2D eigenvalue weighted by atomic mass is 10.0. The van der Waals surface area contributed by atoms with E-state index < -0.39 is 11.6 Å². The van der Waals surface area contributed by atoms with Gasteiger partial charge in [-0.25, -0.2) is 14.6 Å². The summed E-state index contributed by atoms with van der Waals surface area (Å²) in [5.74, 6) is -0.802. The average molecular weight is 404 g/mol. The van der Waals surface area contributed by atoms with Gasteiger partial charge in [0.15, 0.2) is 0 Å². The summed E-state index contributed by atoms with van der Waals surface area (Å²) in [6.45, 7) is 3.80. The Kier molecular flexibility index (Phi) is 5.18. The number of hydrogen-bond acceptors (Lipinski definition) is 6. The van der Waals surface area contributed by atoms with E-state index in [4.69, 9.17) is 9.15 Å². The summed E-state index contributed by atoms with van der Waals surface area (Å²) in [5, 5.41) is 6.14. The molecule has 1 aliphatic rings. The molecule has 0 unspecified atom stereocenters. The second-order valence-corrected chi connectivity index (χ2v) is 7.19. The summed E-state index contributed by atoms with van der Waals surface area (Å²) < 4.78 is 10.7. The minimum atomic E-state index is -0.617. The van der Waals surface area contributed by atoms with Crippen LogP contribution in [0.3, 0.4) is 0 Å². The predicted molar refractivity (Wildman–Crippen MR) is 112 cm³/mol. The number of amides is 1. The first-order valence-corrected chi connectivity index (χ1v) is 9.59. The molecule has 0 atom stereocenters. The van der Waals surface area contributed by atoms with Crippen molar-refractivity contribution in [1.29, 1.82) is 0 Å². The summed E-state index contributed by atoms with van der Waals surface area (Å²) in [7, 11) is 0. The predicted octanol–water partition coefficient (Wildman–Crippen LogP) is 3.64. The summed E-state index contributed by atoms with van der Waals surface area (Å²) in [5.41, 5.74) is 3.30. The van der Waals surface area contributed by atoms with Gasteiger partial charge < -0.3 is 9.15 Å². The zero-order valence-corrected chi connectivity index (χ0v) is 16.7. The Morgan fingerprint density at radius 2 is 1.80 bits per heavy atom. The molecule has 30 heavy (non-hydrogen) atoms. The quantitative estimate of drug-likeness (QED) is 0.489. The summed E-state index contributed by atoms with van der Waals surface area (Å²) in [6, 6.07) is 13.9. The fourth-order valence-electron chi connectivity index (χ4n) is 3.30. The first kappa shape index (κ1) is 19.6. The number of nitrogens with zero attached hydrogens (tertiary/aromatic N) is 2. The Morgan fingerprint density at radius 3 is 2.57 bits per heavy atom. The summed E-state index contributed by atoms with van der Waals surface area (Å²) in [6.07, 6.45) is 0.371. The molecule has 0 aliphatic carbocycles. The molecule has 2 aromatic carbocycles. The van der Waals surface area contributed by atoms with E-state index in [0.717, 1.165) is 16.5 Å². The lowest BCUT2D eigenvalue weighted by Crippen LogP contribution is -2.34. The molecule has 1 aliphatic heterocycles. The highest BCUT2D eigenvalue weighted by Crippen LogP contribution is 2.23. The van der Waals surface area contributed by atoms with E-state index in [9.17, 15) is 14.4 Å². The summed E-state index contributed by atoms with van der Waals surface area (Å²) in [4.78, 5) is 36.7. The van der Waals surface area contributed by atoms with Crippen LogP contribution in [0.1, 0.15) is 29.5 Å². The topological polar surface area (TPSA) is 89.2 Å². The fourth-order valence-corrected chi connectivity index (χ4v) is 3.30. The second-order valence-electron chi connectivity index (χ2n) is 7.19. The smallest absolute Gasteiger partial charge is 0.354 e. The van der Waals surface area contributed by atoms with Crippen LogP contribution in [0.5, 0.6) is 0 Å². The zero-order valence-electron chi connectivity index (χ0n) is 16.7. The third-order valence-electron chi connectivity index (χ3n) is 5.07. The highest BCUT2D eigenvalue weighted by atomic mass is 16.5. The Balaban J connectivity index is 1.57. The minimum absolute atomic E-state index is 0.0955. The maximum absolute atomic E-state index is 12.6. The van der Waals surface area contributed by atoms with Crippen molar-refractivity contribution in [3.63, 3.8) is 0 Å². The normalized spacial score (nSPS) is 14.0. The maximum Gasteiger partial charge on any atom is 0.354 e. The number of benzene rings is 2. The van der Waals surface area contributed by atoms with Gasteiger partial charge in [0.1, 0.15) is 17.9 Å². The molecule has 0 saturated carbocycles. The van der Waals surface area contributed by atoms with Gasteiger partial charge in [-0.15, -0.1) is 0 Å². The number of hydrazone groups is 1. The highest BCUT2D eigenvalue weighted by molar-refractivity contribution is 6.38. The van der Waals surface area contributed by atoms with Gasteiger partial charge in [-0.1, -0.05) is 18.2 Å². The van der Waals surface area contributed by atoms with Crippen LogP contribution in [-0.2, 0) is 20.9 Å². The average Bonchev–Trinajstić information content (AvgIpc) is 2.74. The monoisotopic (exact) mass is 404 g/mol.